The summed E-state index contributed by atoms with van der Waals surface area (Å²) in [5.74, 6) is 1.00. The van der Waals surface area contributed by atoms with E-state index in [-0.39, 0.29) is 5.91 Å². The fourth-order valence-electron chi connectivity index (χ4n) is 1.38. The van der Waals surface area contributed by atoms with E-state index in [1.165, 1.54) is 0 Å². The molecule has 0 saturated carbocycles. The summed E-state index contributed by atoms with van der Waals surface area (Å²) >= 11 is 0. The molecule has 5 nitrogen and oxygen atoms in total. The van der Waals surface area contributed by atoms with Gasteiger partial charge in [-0.15, -0.1) is 0 Å². The van der Waals surface area contributed by atoms with Crippen molar-refractivity contribution in [3.05, 3.63) is 0 Å². The minimum Gasteiger partial charge on any atom is -0.370 e. The Labute approximate surface area is 90.7 Å². The van der Waals surface area contributed by atoms with Crippen LogP contribution in [0.15, 0.2) is 4.99 Å². The third-order valence-corrected chi connectivity index (χ3v) is 2.20. The molecule has 0 unspecified atom stereocenters. The molecule has 3 N–H and O–H groups in total. The number of amides is 1. The Balaban J connectivity index is 2.52. The first-order valence-electron chi connectivity index (χ1n) is 5.41. The number of nitrogens with zero attached hydrogens (tertiary/aromatic N) is 2. The molecule has 1 aliphatic rings. The molecule has 1 saturated heterocycles. The van der Waals surface area contributed by atoms with Crippen molar-refractivity contribution in [3.63, 3.8) is 0 Å². The average molecular weight is 212 g/mol. The van der Waals surface area contributed by atoms with Crippen molar-refractivity contribution >= 4 is 11.9 Å². The number of nitrogens with one attached hydrogen (secondary N) is 1. The molecule has 0 aliphatic carbocycles. The van der Waals surface area contributed by atoms with Crippen LogP contribution in [0.2, 0.25) is 0 Å². The number of carbonyl (C=O) groups is 1. The lowest BCUT2D eigenvalue weighted by Crippen LogP contribution is -2.42. The van der Waals surface area contributed by atoms with Gasteiger partial charge in [-0.25, -0.2) is 0 Å². The molecule has 1 rings (SSSR count). The van der Waals surface area contributed by atoms with Crippen molar-refractivity contribution < 1.29 is 4.79 Å². The van der Waals surface area contributed by atoms with Crippen LogP contribution in [0.3, 0.4) is 0 Å². The molecule has 1 aliphatic heterocycles. The van der Waals surface area contributed by atoms with E-state index >= 15 is 0 Å². The second-order valence-electron chi connectivity index (χ2n) is 4.22. The van der Waals surface area contributed by atoms with Gasteiger partial charge in [-0.2, -0.15) is 0 Å². The van der Waals surface area contributed by atoms with Crippen LogP contribution < -0.4 is 11.1 Å². The highest BCUT2D eigenvalue weighted by atomic mass is 16.2. The van der Waals surface area contributed by atoms with E-state index < -0.39 is 0 Å². The van der Waals surface area contributed by atoms with Crippen LogP contribution in [0, 0.1) is 5.92 Å². The molecular weight excluding hydrogens is 192 g/mol. The van der Waals surface area contributed by atoms with Crippen LogP contribution in [-0.4, -0.2) is 42.9 Å². The van der Waals surface area contributed by atoms with Gasteiger partial charge in [-0.05, 0) is 12.3 Å². The van der Waals surface area contributed by atoms with E-state index in [0.717, 1.165) is 19.5 Å². The van der Waals surface area contributed by atoms with Gasteiger partial charge in [0.15, 0.2) is 5.96 Å². The number of hydrogen-bond acceptors (Lipinski definition) is 2. The zero-order valence-corrected chi connectivity index (χ0v) is 9.49. The number of hydrogen-bond donors (Lipinski definition) is 2. The lowest BCUT2D eigenvalue weighted by atomic mass is 10.2. The number of nitrogens with two attached hydrogens (primary N) is 1. The Morgan fingerprint density at radius 2 is 2.40 bits per heavy atom. The lowest BCUT2D eigenvalue weighted by molar-refractivity contribution is -0.120. The van der Waals surface area contributed by atoms with E-state index in [1.54, 1.807) is 0 Å². The number of guanidine groups is 1. The highest BCUT2D eigenvalue weighted by Gasteiger charge is 2.15. The molecule has 1 amide bonds. The highest BCUT2D eigenvalue weighted by Crippen LogP contribution is 1.98. The fourth-order valence-corrected chi connectivity index (χ4v) is 1.38. The largest absolute Gasteiger partial charge is 0.370 e. The van der Waals surface area contributed by atoms with Crippen molar-refractivity contribution in [2.75, 3.05) is 26.2 Å². The van der Waals surface area contributed by atoms with Gasteiger partial charge >= 0.3 is 0 Å². The molecule has 0 aromatic heterocycles. The van der Waals surface area contributed by atoms with E-state index in [0.29, 0.717) is 25.0 Å². The average Bonchev–Trinajstić information content (AvgIpc) is 2.39. The van der Waals surface area contributed by atoms with E-state index in [4.69, 9.17) is 5.73 Å². The van der Waals surface area contributed by atoms with Crippen molar-refractivity contribution in [2.24, 2.45) is 16.6 Å². The summed E-state index contributed by atoms with van der Waals surface area (Å²) in [4.78, 5) is 17.4. The van der Waals surface area contributed by atoms with Crippen LogP contribution in [-0.2, 0) is 4.79 Å². The van der Waals surface area contributed by atoms with Crippen LogP contribution in [0.4, 0.5) is 0 Å². The Morgan fingerprint density at radius 1 is 1.67 bits per heavy atom. The summed E-state index contributed by atoms with van der Waals surface area (Å²) < 4.78 is 0. The van der Waals surface area contributed by atoms with Crippen molar-refractivity contribution in [1.82, 2.24) is 10.2 Å². The highest BCUT2D eigenvalue weighted by molar-refractivity contribution is 5.85. The van der Waals surface area contributed by atoms with Gasteiger partial charge in [0.25, 0.3) is 0 Å². The van der Waals surface area contributed by atoms with Gasteiger partial charge in [-0.1, -0.05) is 13.8 Å². The van der Waals surface area contributed by atoms with Gasteiger partial charge in [0.2, 0.25) is 5.91 Å². The quantitative estimate of drug-likeness (QED) is 0.491. The molecule has 0 atom stereocenters. The van der Waals surface area contributed by atoms with Crippen LogP contribution in [0.1, 0.15) is 20.3 Å². The molecular formula is C10H20N4O. The molecule has 5 heteroatoms. The van der Waals surface area contributed by atoms with Crippen LogP contribution in [0.5, 0.6) is 0 Å². The van der Waals surface area contributed by atoms with Crippen molar-refractivity contribution in [1.29, 1.82) is 0 Å². The van der Waals surface area contributed by atoms with Crippen molar-refractivity contribution in [2.45, 2.75) is 20.3 Å². The maximum absolute atomic E-state index is 11.3. The normalized spacial score (nSPS) is 19.0. The Hall–Kier alpha value is -1.26. The minimum atomic E-state index is 0.0233. The Bertz CT molecular complexity index is 250. The summed E-state index contributed by atoms with van der Waals surface area (Å²) in [6.45, 7) is 6.74. The first-order chi connectivity index (χ1) is 7.09. The lowest BCUT2D eigenvalue weighted by Gasteiger charge is -2.20. The maximum atomic E-state index is 11.3. The molecule has 1 fully saturated rings. The molecule has 0 bridgehead atoms. The van der Waals surface area contributed by atoms with E-state index in [1.807, 2.05) is 4.90 Å². The van der Waals surface area contributed by atoms with E-state index in [9.17, 15) is 4.79 Å². The SMILES string of the molecule is CC(C)CN=C(N)N1CCCNC(=O)C1. The molecule has 0 aromatic rings. The van der Waals surface area contributed by atoms with Gasteiger partial charge in [0.05, 0.1) is 6.54 Å². The van der Waals surface area contributed by atoms with Crippen LogP contribution in [0.25, 0.3) is 0 Å². The zero-order chi connectivity index (χ0) is 11.3. The molecule has 86 valence electrons. The monoisotopic (exact) mass is 212 g/mol. The van der Waals surface area contributed by atoms with Gasteiger partial charge in [0.1, 0.15) is 0 Å². The number of aliphatic imine (C=N–C) groups is 1. The molecule has 0 spiro atoms. The third kappa shape index (κ3) is 4.18. The topological polar surface area (TPSA) is 70.7 Å². The predicted molar refractivity (Wildman–Crippen MR) is 60.5 cm³/mol. The predicted octanol–water partition coefficient (Wildman–Crippen LogP) is -0.221. The third-order valence-electron chi connectivity index (χ3n) is 2.20. The number of rotatable bonds is 2. The second kappa shape index (κ2) is 5.58. The maximum Gasteiger partial charge on any atom is 0.239 e. The second-order valence-corrected chi connectivity index (χ2v) is 4.22. The van der Waals surface area contributed by atoms with Crippen molar-refractivity contribution in [3.8, 4) is 0 Å². The smallest absolute Gasteiger partial charge is 0.239 e. The zero-order valence-electron chi connectivity index (χ0n) is 9.49. The standard InChI is InChI=1S/C10H20N4O/c1-8(2)6-13-10(11)14-5-3-4-12-9(15)7-14/h8H,3-7H2,1-2H3,(H2,11,13)(H,12,15). The summed E-state index contributed by atoms with van der Waals surface area (Å²) in [5.41, 5.74) is 5.82. The van der Waals surface area contributed by atoms with Gasteiger partial charge in [0, 0.05) is 19.6 Å². The first-order valence-corrected chi connectivity index (χ1v) is 5.41. The molecule has 1 heterocycles. The van der Waals surface area contributed by atoms with Crippen LogP contribution >= 0.6 is 0 Å². The van der Waals surface area contributed by atoms with Gasteiger partial charge in [-0.3, -0.25) is 9.79 Å². The number of carbonyl (C=O) groups excluding carboxylic acids is 1. The fraction of sp³-hybridized carbons (Fsp3) is 0.800. The summed E-state index contributed by atoms with van der Waals surface area (Å²) in [5, 5.41) is 2.80. The Kier molecular flexibility index (Phi) is 4.39. The Morgan fingerprint density at radius 3 is 3.07 bits per heavy atom. The first kappa shape index (κ1) is 11.8. The van der Waals surface area contributed by atoms with E-state index in [2.05, 4.69) is 24.2 Å². The van der Waals surface area contributed by atoms with Gasteiger partial charge < -0.3 is 16.0 Å². The summed E-state index contributed by atoms with van der Waals surface area (Å²) in [7, 11) is 0. The molecule has 0 radical (unpaired) electrons. The molecule has 0 aromatic carbocycles. The molecule has 15 heavy (non-hydrogen) atoms. The summed E-state index contributed by atoms with van der Waals surface area (Å²) in [6, 6.07) is 0. The minimum absolute atomic E-state index is 0.0233. The summed E-state index contributed by atoms with van der Waals surface area (Å²) in [6.07, 6.45) is 0.920.